The minimum Gasteiger partial charge on any atom is -0.329 e. The lowest BCUT2D eigenvalue weighted by Gasteiger charge is -2.40. The molecule has 0 radical (unpaired) electrons. The zero-order valence-electron chi connectivity index (χ0n) is 11.3. The molecule has 3 heteroatoms. The van der Waals surface area contributed by atoms with E-state index in [4.69, 9.17) is 5.73 Å². The highest BCUT2D eigenvalue weighted by atomic mass is 32.2. The van der Waals surface area contributed by atoms with Gasteiger partial charge in [0.1, 0.15) is 0 Å². The Bertz CT molecular complexity index is 339. The monoisotopic (exact) mass is 264 g/mol. The molecule has 0 bridgehead atoms. The molecule has 2 rings (SSSR count). The fourth-order valence-electron chi connectivity index (χ4n) is 2.61. The number of benzene rings is 1. The number of piperidine rings is 1. The van der Waals surface area contributed by atoms with Crippen LogP contribution < -0.4 is 5.73 Å². The summed E-state index contributed by atoms with van der Waals surface area (Å²) >= 11 is 1.96. The van der Waals surface area contributed by atoms with Crippen LogP contribution >= 0.6 is 11.8 Å². The number of nitrogens with two attached hydrogens (primary N) is 1. The van der Waals surface area contributed by atoms with Gasteiger partial charge < -0.3 is 10.6 Å². The van der Waals surface area contributed by atoms with E-state index in [0.29, 0.717) is 4.75 Å². The summed E-state index contributed by atoms with van der Waals surface area (Å²) in [5, 5.41) is 0. The Morgan fingerprint density at radius 2 is 1.89 bits per heavy atom. The van der Waals surface area contributed by atoms with Gasteiger partial charge in [0.25, 0.3) is 0 Å². The van der Waals surface area contributed by atoms with Gasteiger partial charge in [-0.15, -0.1) is 0 Å². The van der Waals surface area contributed by atoms with Crippen LogP contribution in [0.5, 0.6) is 0 Å². The molecule has 0 atom stereocenters. The molecule has 0 aliphatic carbocycles. The number of hydrogen-bond donors (Lipinski definition) is 1. The van der Waals surface area contributed by atoms with Gasteiger partial charge in [0, 0.05) is 17.8 Å². The Balaban J connectivity index is 1.77. The van der Waals surface area contributed by atoms with Crippen LogP contribution in [-0.2, 0) is 6.42 Å². The number of hydrogen-bond acceptors (Lipinski definition) is 3. The van der Waals surface area contributed by atoms with E-state index in [1.807, 2.05) is 11.8 Å². The normalized spacial score (nSPS) is 19.9. The third-order valence-corrected chi connectivity index (χ3v) is 5.57. The SMILES string of the molecule is CSC1(CN)CCN(CCc2ccccc2)CC1. The van der Waals surface area contributed by atoms with E-state index in [2.05, 4.69) is 41.5 Å². The summed E-state index contributed by atoms with van der Waals surface area (Å²) < 4.78 is 0.350. The van der Waals surface area contributed by atoms with E-state index >= 15 is 0 Å². The first kappa shape index (κ1) is 13.9. The summed E-state index contributed by atoms with van der Waals surface area (Å²) in [6, 6.07) is 10.8. The van der Waals surface area contributed by atoms with Crippen molar-refractivity contribution < 1.29 is 0 Å². The predicted molar refractivity (Wildman–Crippen MR) is 81.1 cm³/mol. The van der Waals surface area contributed by atoms with Crippen LogP contribution in [0.4, 0.5) is 0 Å². The first-order valence-electron chi connectivity index (χ1n) is 6.79. The predicted octanol–water partition coefficient (Wildman–Crippen LogP) is 2.39. The molecule has 0 unspecified atom stereocenters. The summed E-state index contributed by atoms with van der Waals surface area (Å²) in [6.45, 7) is 4.40. The maximum Gasteiger partial charge on any atom is 0.0303 e. The molecule has 0 spiro atoms. The van der Waals surface area contributed by atoms with E-state index in [-0.39, 0.29) is 0 Å². The number of likely N-dealkylation sites (tertiary alicyclic amines) is 1. The minimum atomic E-state index is 0.350. The lowest BCUT2D eigenvalue weighted by Crippen LogP contribution is -2.46. The molecule has 1 aromatic carbocycles. The Morgan fingerprint density at radius 1 is 1.22 bits per heavy atom. The molecular weight excluding hydrogens is 240 g/mol. The standard InChI is InChI=1S/C15H24N2S/c1-18-15(13-16)8-11-17(12-9-15)10-7-14-5-3-2-4-6-14/h2-6H,7-13,16H2,1H3. The van der Waals surface area contributed by atoms with Gasteiger partial charge in [-0.2, -0.15) is 11.8 Å². The van der Waals surface area contributed by atoms with Crippen molar-refractivity contribution in [1.82, 2.24) is 4.90 Å². The quantitative estimate of drug-likeness (QED) is 0.885. The second-order valence-electron chi connectivity index (χ2n) is 5.17. The van der Waals surface area contributed by atoms with Crippen molar-refractivity contribution in [2.45, 2.75) is 24.0 Å². The Hall–Kier alpha value is -0.510. The highest BCUT2D eigenvalue weighted by molar-refractivity contribution is 8.00. The molecule has 1 saturated heterocycles. The maximum absolute atomic E-state index is 5.92. The smallest absolute Gasteiger partial charge is 0.0303 e. The molecule has 2 N–H and O–H groups in total. The van der Waals surface area contributed by atoms with E-state index in [1.54, 1.807) is 0 Å². The van der Waals surface area contributed by atoms with Gasteiger partial charge in [0.05, 0.1) is 0 Å². The molecule has 1 aliphatic heterocycles. The average Bonchev–Trinajstić information content (AvgIpc) is 2.47. The van der Waals surface area contributed by atoms with Crippen molar-refractivity contribution in [2.24, 2.45) is 5.73 Å². The zero-order chi connectivity index (χ0) is 12.8. The molecule has 0 amide bonds. The summed E-state index contributed by atoms with van der Waals surface area (Å²) in [5.74, 6) is 0. The summed E-state index contributed by atoms with van der Waals surface area (Å²) in [4.78, 5) is 2.58. The Kier molecular flexibility index (Phi) is 5.10. The van der Waals surface area contributed by atoms with E-state index < -0.39 is 0 Å². The highest BCUT2D eigenvalue weighted by Gasteiger charge is 2.32. The van der Waals surface area contributed by atoms with E-state index in [1.165, 1.54) is 38.0 Å². The molecule has 2 nitrogen and oxygen atoms in total. The fourth-order valence-corrected chi connectivity index (χ4v) is 3.37. The molecule has 0 saturated carbocycles. The van der Waals surface area contributed by atoms with Crippen LogP contribution in [0, 0.1) is 0 Å². The Morgan fingerprint density at radius 3 is 2.44 bits per heavy atom. The largest absolute Gasteiger partial charge is 0.329 e. The molecule has 1 fully saturated rings. The topological polar surface area (TPSA) is 29.3 Å². The average molecular weight is 264 g/mol. The summed E-state index contributed by atoms with van der Waals surface area (Å²) in [6.07, 6.45) is 5.83. The fraction of sp³-hybridized carbons (Fsp3) is 0.600. The van der Waals surface area contributed by atoms with E-state index in [0.717, 1.165) is 13.0 Å². The van der Waals surface area contributed by atoms with Crippen molar-refractivity contribution in [1.29, 1.82) is 0 Å². The van der Waals surface area contributed by atoms with Gasteiger partial charge in [0.15, 0.2) is 0 Å². The molecule has 18 heavy (non-hydrogen) atoms. The van der Waals surface area contributed by atoms with Crippen LogP contribution in [-0.4, -0.2) is 42.1 Å². The molecular formula is C15H24N2S. The molecule has 1 aromatic rings. The van der Waals surface area contributed by atoms with Crippen LogP contribution in [0.15, 0.2) is 30.3 Å². The first-order valence-corrected chi connectivity index (χ1v) is 8.02. The van der Waals surface area contributed by atoms with Gasteiger partial charge in [-0.3, -0.25) is 0 Å². The van der Waals surface area contributed by atoms with Gasteiger partial charge in [-0.25, -0.2) is 0 Å². The lowest BCUT2D eigenvalue weighted by atomic mass is 9.95. The molecule has 1 aliphatic rings. The maximum atomic E-state index is 5.92. The van der Waals surface area contributed by atoms with Gasteiger partial charge in [0.2, 0.25) is 0 Å². The molecule has 100 valence electrons. The van der Waals surface area contributed by atoms with Crippen LogP contribution in [0.1, 0.15) is 18.4 Å². The van der Waals surface area contributed by atoms with Crippen molar-refractivity contribution >= 4 is 11.8 Å². The van der Waals surface area contributed by atoms with Gasteiger partial charge in [-0.1, -0.05) is 30.3 Å². The van der Waals surface area contributed by atoms with Crippen LogP contribution in [0.3, 0.4) is 0 Å². The van der Waals surface area contributed by atoms with Crippen molar-refractivity contribution in [3.8, 4) is 0 Å². The second-order valence-corrected chi connectivity index (χ2v) is 6.44. The second kappa shape index (κ2) is 6.60. The van der Waals surface area contributed by atoms with E-state index in [9.17, 15) is 0 Å². The van der Waals surface area contributed by atoms with Crippen molar-refractivity contribution in [3.05, 3.63) is 35.9 Å². The van der Waals surface area contributed by atoms with Crippen molar-refractivity contribution in [2.75, 3.05) is 32.4 Å². The van der Waals surface area contributed by atoms with Crippen LogP contribution in [0.25, 0.3) is 0 Å². The van der Waals surface area contributed by atoms with Crippen molar-refractivity contribution in [3.63, 3.8) is 0 Å². The Labute approximate surface area is 115 Å². The summed E-state index contributed by atoms with van der Waals surface area (Å²) in [7, 11) is 0. The van der Waals surface area contributed by atoms with Crippen LogP contribution in [0.2, 0.25) is 0 Å². The van der Waals surface area contributed by atoms with Gasteiger partial charge >= 0.3 is 0 Å². The third kappa shape index (κ3) is 3.50. The zero-order valence-corrected chi connectivity index (χ0v) is 12.1. The number of nitrogens with zero attached hydrogens (tertiary/aromatic N) is 1. The highest BCUT2D eigenvalue weighted by Crippen LogP contribution is 2.33. The minimum absolute atomic E-state index is 0.350. The first-order chi connectivity index (χ1) is 8.78. The molecule has 1 heterocycles. The summed E-state index contributed by atoms with van der Waals surface area (Å²) in [5.41, 5.74) is 7.36. The lowest BCUT2D eigenvalue weighted by molar-refractivity contribution is 0.204. The van der Waals surface area contributed by atoms with Gasteiger partial charge in [-0.05, 0) is 44.2 Å². The number of rotatable bonds is 5. The number of thioether (sulfide) groups is 1. The third-order valence-electron chi connectivity index (χ3n) is 4.13. The molecule has 0 aromatic heterocycles.